The van der Waals surface area contributed by atoms with Crippen LogP contribution in [0.3, 0.4) is 0 Å². The van der Waals surface area contributed by atoms with Gasteiger partial charge in [0.15, 0.2) is 0 Å². The molecule has 0 amide bonds. The summed E-state index contributed by atoms with van der Waals surface area (Å²) in [7, 11) is 0. The molecule has 1 aromatic heterocycles. The summed E-state index contributed by atoms with van der Waals surface area (Å²) in [6, 6.07) is 6.07. The second-order valence-corrected chi connectivity index (χ2v) is 4.48. The predicted molar refractivity (Wildman–Crippen MR) is 65.1 cm³/mol. The van der Waals surface area contributed by atoms with Crippen LogP contribution in [0, 0.1) is 12.7 Å². The molecule has 0 aliphatic rings. The highest BCUT2D eigenvalue weighted by atomic mass is 79.9. The third kappa shape index (κ3) is 2.10. The van der Waals surface area contributed by atoms with Crippen LogP contribution in [-0.4, -0.2) is 15.6 Å². The normalized spacial score (nSPS) is 10.5. The van der Waals surface area contributed by atoms with Crippen LogP contribution in [0.2, 0.25) is 0 Å². The molecule has 88 valence electrons. The topological polar surface area (TPSA) is 42.2 Å². The number of aryl methyl sites for hydroxylation is 1. The zero-order valence-corrected chi connectivity index (χ0v) is 10.5. The first kappa shape index (κ1) is 11.9. The molecule has 0 atom stereocenters. The van der Waals surface area contributed by atoms with Gasteiger partial charge in [-0.05, 0) is 52.7 Å². The molecule has 0 aliphatic heterocycles. The van der Waals surface area contributed by atoms with Crippen molar-refractivity contribution in [2.75, 3.05) is 0 Å². The number of hydrogen-bond donors (Lipinski definition) is 1. The number of carboxylic acids is 1. The van der Waals surface area contributed by atoms with Gasteiger partial charge in [0.1, 0.15) is 11.5 Å². The molecule has 0 saturated carbocycles. The van der Waals surface area contributed by atoms with Gasteiger partial charge in [0.25, 0.3) is 0 Å². The average Bonchev–Trinajstić information content (AvgIpc) is 2.72. The molecule has 1 heterocycles. The summed E-state index contributed by atoms with van der Waals surface area (Å²) in [5.41, 5.74) is 1.46. The van der Waals surface area contributed by atoms with Crippen molar-refractivity contribution in [3.8, 4) is 5.69 Å². The molecule has 0 unspecified atom stereocenters. The Labute approximate surface area is 106 Å². The SMILES string of the molecule is Cc1cc(F)c(Br)cc1-n1cccc1C(=O)O. The number of halogens is 2. The van der Waals surface area contributed by atoms with E-state index >= 15 is 0 Å². The fourth-order valence-electron chi connectivity index (χ4n) is 1.66. The standard InChI is InChI=1S/C12H9BrFNO2/c1-7-5-9(14)8(13)6-11(7)15-4-2-3-10(15)12(16)17/h2-6H,1H3,(H,16,17). The van der Waals surface area contributed by atoms with Gasteiger partial charge in [0, 0.05) is 6.20 Å². The summed E-state index contributed by atoms with van der Waals surface area (Å²) in [6.45, 7) is 1.73. The smallest absolute Gasteiger partial charge is 0.352 e. The zero-order valence-electron chi connectivity index (χ0n) is 8.95. The Kier molecular flexibility index (Phi) is 3.02. The van der Waals surface area contributed by atoms with Crippen LogP contribution in [0.1, 0.15) is 16.1 Å². The first-order chi connectivity index (χ1) is 8.00. The maximum absolute atomic E-state index is 13.3. The molecule has 0 aliphatic carbocycles. The second-order valence-electron chi connectivity index (χ2n) is 3.62. The molecular weight excluding hydrogens is 289 g/mol. The van der Waals surface area contributed by atoms with Crippen LogP contribution >= 0.6 is 15.9 Å². The van der Waals surface area contributed by atoms with Gasteiger partial charge < -0.3 is 9.67 Å². The van der Waals surface area contributed by atoms with Crippen molar-refractivity contribution in [2.24, 2.45) is 0 Å². The maximum atomic E-state index is 13.3. The minimum atomic E-state index is -1.02. The second kappa shape index (κ2) is 4.33. The van der Waals surface area contributed by atoms with Crippen LogP contribution in [0.4, 0.5) is 4.39 Å². The molecule has 2 aromatic rings. The number of aromatic nitrogens is 1. The van der Waals surface area contributed by atoms with Crippen molar-refractivity contribution in [3.05, 3.63) is 52.0 Å². The Balaban J connectivity index is 2.64. The Morgan fingerprint density at radius 2 is 2.18 bits per heavy atom. The molecule has 2 rings (SSSR count). The molecular formula is C12H9BrFNO2. The van der Waals surface area contributed by atoms with Gasteiger partial charge in [0.2, 0.25) is 0 Å². The Morgan fingerprint density at radius 1 is 1.47 bits per heavy atom. The minimum Gasteiger partial charge on any atom is -0.477 e. The highest BCUT2D eigenvalue weighted by Gasteiger charge is 2.13. The number of aromatic carboxylic acids is 1. The monoisotopic (exact) mass is 297 g/mol. The van der Waals surface area contributed by atoms with Gasteiger partial charge in [-0.3, -0.25) is 0 Å². The lowest BCUT2D eigenvalue weighted by Gasteiger charge is -2.11. The molecule has 0 spiro atoms. The van der Waals surface area contributed by atoms with E-state index < -0.39 is 5.97 Å². The fraction of sp³-hybridized carbons (Fsp3) is 0.0833. The summed E-state index contributed by atoms with van der Waals surface area (Å²) in [5.74, 6) is -1.38. The molecule has 0 saturated heterocycles. The van der Waals surface area contributed by atoms with Crippen LogP contribution in [0.25, 0.3) is 5.69 Å². The lowest BCUT2D eigenvalue weighted by atomic mass is 10.2. The molecule has 17 heavy (non-hydrogen) atoms. The number of benzene rings is 1. The van der Waals surface area contributed by atoms with E-state index in [0.29, 0.717) is 15.7 Å². The Bertz CT molecular complexity index is 592. The van der Waals surface area contributed by atoms with E-state index in [1.165, 1.54) is 16.7 Å². The van der Waals surface area contributed by atoms with Crippen LogP contribution in [0.15, 0.2) is 34.9 Å². The van der Waals surface area contributed by atoms with Crippen molar-refractivity contribution in [1.82, 2.24) is 4.57 Å². The van der Waals surface area contributed by atoms with E-state index in [9.17, 15) is 9.18 Å². The summed E-state index contributed by atoms with van der Waals surface area (Å²) in [5, 5.41) is 9.02. The van der Waals surface area contributed by atoms with Crippen molar-refractivity contribution in [2.45, 2.75) is 6.92 Å². The van der Waals surface area contributed by atoms with Gasteiger partial charge in [-0.25, -0.2) is 9.18 Å². The van der Waals surface area contributed by atoms with Crippen molar-refractivity contribution >= 4 is 21.9 Å². The van der Waals surface area contributed by atoms with E-state index in [2.05, 4.69) is 15.9 Å². The van der Waals surface area contributed by atoms with Crippen LogP contribution < -0.4 is 0 Å². The fourth-order valence-corrected chi connectivity index (χ4v) is 1.99. The van der Waals surface area contributed by atoms with Gasteiger partial charge in [-0.1, -0.05) is 0 Å². The molecule has 1 aromatic carbocycles. The third-order valence-electron chi connectivity index (χ3n) is 2.47. The predicted octanol–water partition coefficient (Wildman–Crippen LogP) is 3.39. The molecule has 0 bridgehead atoms. The van der Waals surface area contributed by atoms with Crippen molar-refractivity contribution in [3.63, 3.8) is 0 Å². The highest BCUT2D eigenvalue weighted by Crippen LogP contribution is 2.24. The van der Waals surface area contributed by atoms with E-state index in [1.807, 2.05) is 0 Å². The van der Waals surface area contributed by atoms with E-state index in [4.69, 9.17) is 5.11 Å². The quantitative estimate of drug-likeness (QED) is 0.923. The van der Waals surface area contributed by atoms with E-state index in [0.717, 1.165) is 0 Å². The lowest BCUT2D eigenvalue weighted by molar-refractivity contribution is 0.0688. The molecule has 3 nitrogen and oxygen atoms in total. The molecule has 5 heteroatoms. The number of hydrogen-bond acceptors (Lipinski definition) is 1. The summed E-state index contributed by atoms with van der Waals surface area (Å²) in [6.07, 6.45) is 1.64. The minimum absolute atomic E-state index is 0.145. The van der Waals surface area contributed by atoms with Crippen LogP contribution in [-0.2, 0) is 0 Å². The highest BCUT2D eigenvalue weighted by molar-refractivity contribution is 9.10. The first-order valence-corrected chi connectivity index (χ1v) is 5.66. The van der Waals surface area contributed by atoms with Gasteiger partial charge in [-0.15, -0.1) is 0 Å². The summed E-state index contributed by atoms with van der Waals surface area (Å²) in [4.78, 5) is 11.0. The summed E-state index contributed by atoms with van der Waals surface area (Å²) >= 11 is 3.09. The van der Waals surface area contributed by atoms with Gasteiger partial charge in [-0.2, -0.15) is 0 Å². The number of rotatable bonds is 2. The summed E-state index contributed by atoms with van der Waals surface area (Å²) < 4.78 is 15.1. The zero-order chi connectivity index (χ0) is 12.6. The average molecular weight is 298 g/mol. The van der Waals surface area contributed by atoms with Crippen LogP contribution in [0.5, 0.6) is 0 Å². The molecule has 0 fully saturated rings. The van der Waals surface area contributed by atoms with Gasteiger partial charge >= 0.3 is 5.97 Å². The van der Waals surface area contributed by atoms with Crippen molar-refractivity contribution in [1.29, 1.82) is 0 Å². The lowest BCUT2D eigenvalue weighted by Crippen LogP contribution is -2.07. The first-order valence-electron chi connectivity index (χ1n) is 4.87. The molecule has 1 N–H and O–H groups in total. The number of nitrogens with zero attached hydrogens (tertiary/aromatic N) is 1. The third-order valence-corrected chi connectivity index (χ3v) is 3.07. The molecule has 0 radical (unpaired) electrons. The Hall–Kier alpha value is -1.62. The van der Waals surface area contributed by atoms with E-state index in [-0.39, 0.29) is 11.5 Å². The van der Waals surface area contributed by atoms with Gasteiger partial charge in [0.05, 0.1) is 10.2 Å². The number of carbonyl (C=O) groups is 1. The van der Waals surface area contributed by atoms with Crippen molar-refractivity contribution < 1.29 is 14.3 Å². The maximum Gasteiger partial charge on any atom is 0.352 e. The largest absolute Gasteiger partial charge is 0.477 e. The Morgan fingerprint density at radius 3 is 2.82 bits per heavy atom. The number of carboxylic acid groups (broad SMARTS) is 1. The van der Waals surface area contributed by atoms with E-state index in [1.54, 1.807) is 25.3 Å².